The molecule has 78 valence electrons. The van der Waals surface area contributed by atoms with E-state index in [1.807, 2.05) is 0 Å². The molecule has 0 spiro atoms. The van der Waals surface area contributed by atoms with Crippen LogP contribution in [0.2, 0.25) is 5.02 Å². The zero-order valence-electron chi connectivity index (χ0n) is 7.53. The molecule has 0 aliphatic heterocycles. The molecule has 0 atom stereocenters. The van der Waals surface area contributed by atoms with Crippen molar-refractivity contribution in [3.05, 3.63) is 23.2 Å². The molecule has 0 amide bonds. The smallest absolute Gasteiger partial charge is 0.241 e. The average Bonchev–Trinajstić information content (AvgIpc) is 2.07. The van der Waals surface area contributed by atoms with Crippen molar-refractivity contribution in [2.75, 3.05) is 6.61 Å². The van der Waals surface area contributed by atoms with E-state index in [1.54, 1.807) is 13.0 Å². The van der Waals surface area contributed by atoms with E-state index in [9.17, 15) is 8.42 Å². The minimum Gasteiger partial charge on any atom is -0.492 e. The van der Waals surface area contributed by atoms with Crippen LogP contribution in [0.4, 0.5) is 0 Å². The lowest BCUT2D eigenvalue weighted by molar-refractivity contribution is 0.331. The first-order valence-electron chi connectivity index (χ1n) is 3.90. The van der Waals surface area contributed by atoms with E-state index in [4.69, 9.17) is 21.5 Å². The zero-order valence-corrected chi connectivity index (χ0v) is 9.10. The Hall–Kier alpha value is -0.780. The van der Waals surface area contributed by atoms with Crippen LogP contribution in [0.5, 0.6) is 5.75 Å². The second-order valence-electron chi connectivity index (χ2n) is 2.57. The molecule has 1 aromatic carbocycles. The molecule has 14 heavy (non-hydrogen) atoms. The molecule has 2 N–H and O–H groups in total. The fraction of sp³-hybridized carbons (Fsp3) is 0.250. The molecular formula is C8H10ClNO3S. The number of ether oxygens (including phenoxy) is 1. The van der Waals surface area contributed by atoms with Gasteiger partial charge in [0.1, 0.15) is 10.6 Å². The van der Waals surface area contributed by atoms with Gasteiger partial charge in [0.25, 0.3) is 0 Å². The summed E-state index contributed by atoms with van der Waals surface area (Å²) in [5, 5.41) is 5.29. The molecule has 6 heteroatoms. The SMILES string of the molecule is CCOc1ccc(Cl)cc1S(N)(=O)=O. The topological polar surface area (TPSA) is 69.4 Å². The number of rotatable bonds is 3. The first-order valence-corrected chi connectivity index (χ1v) is 5.82. The highest BCUT2D eigenvalue weighted by molar-refractivity contribution is 7.89. The largest absolute Gasteiger partial charge is 0.492 e. The Labute approximate surface area is 87.7 Å². The van der Waals surface area contributed by atoms with Crippen molar-refractivity contribution in [1.82, 2.24) is 0 Å². The van der Waals surface area contributed by atoms with E-state index >= 15 is 0 Å². The molecule has 0 aliphatic carbocycles. The Balaban J connectivity index is 3.30. The van der Waals surface area contributed by atoms with Gasteiger partial charge in [0.15, 0.2) is 0 Å². The highest BCUT2D eigenvalue weighted by Crippen LogP contribution is 2.26. The Morgan fingerprint density at radius 1 is 1.50 bits per heavy atom. The normalized spacial score (nSPS) is 11.4. The number of halogens is 1. The third-order valence-corrected chi connectivity index (χ3v) is 2.68. The maximum Gasteiger partial charge on any atom is 0.241 e. The van der Waals surface area contributed by atoms with Gasteiger partial charge in [-0.2, -0.15) is 0 Å². The first-order chi connectivity index (χ1) is 6.45. The number of nitrogens with two attached hydrogens (primary N) is 1. The van der Waals surface area contributed by atoms with Crippen molar-refractivity contribution in [3.63, 3.8) is 0 Å². The van der Waals surface area contributed by atoms with Crippen molar-refractivity contribution in [2.24, 2.45) is 5.14 Å². The van der Waals surface area contributed by atoms with Crippen molar-refractivity contribution >= 4 is 21.6 Å². The number of hydrogen-bond acceptors (Lipinski definition) is 3. The van der Waals surface area contributed by atoms with Crippen LogP contribution in [0.3, 0.4) is 0 Å². The number of primary sulfonamides is 1. The van der Waals surface area contributed by atoms with Gasteiger partial charge in [-0.25, -0.2) is 13.6 Å². The van der Waals surface area contributed by atoms with Gasteiger partial charge in [-0.3, -0.25) is 0 Å². The molecule has 0 radical (unpaired) electrons. The third kappa shape index (κ3) is 2.60. The van der Waals surface area contributed by atoms with Crippen LogP contribution in [0.1, 0.15) is 6.92 Å². The van der Waals surface area contributed by atoms with Crippen LogP contribution in [0.25, 0.3) is 0 Å². The summed E-state index contributed by atoms with van der Waals surface area (Å²) in [6, 6.07) is 4.29. The minimum absolute atomic E-state index is 0.0909. The van der Waals surface area contributed by atoms with E-state index in [0.29, 0.717) is 11.6 Å². The molecule has 1 rings (SSSR count). The summed E-state index contributed by atoms with van der Waals surface area (Å²) in [6.45, 7) is 2.12. The summed E-state index contributed by atoms with van der Waals surface area (Å²) in [5.74, 6) is 0.222. The summed E-state index contributed by atoms with van der Waals surface area (Å²) >= 11 is 5.65. The fourth-order valence-corrected chi connectivity index (χ4v) is 1.91. The number of hydrogen-bond donors (Lipinski definition) is 1. The molecule has 0 unspecified atom stereocenters. The summed E-state index contributed by atoms with van der Waals surface area (Å²) in [4.78, 5) is -0.0909. The Morgan fingerprint density at radius 3 is 2.64 bits per heavy atom. The van der Waals surface area contributed by atoms with Crippen molar-refractivity contribution in [3.8, 4) is 5.75 Å². The monoisotopic (exact) mass is 235 g/mol. The van der Waals surface area contributed by atoms with Gasteiger partial charge in [-0.15, -0.1) is 0 Å². The molecule has 4 nitrogen and oxygen atoms in total. The molecule has 0 aliphatic rings. The quantitative estimate of drug-likeness (QED) is 0.861. The summed E-state index contributed by atoms with van der Waals surface area (Å²) in [6.07, 6.45) is 0. The maximum absolute atomic E-state index is 11.1. The molecular weight excluding hydrogens is 226 g/mol. The first kappa shape index (κ1) is 11.3. The summed E-state index contributed by atoms with van der Waals surface area (Å²) < 4.78 is 27.3. The Kier molecular flexibility index (Phi) is 3.36. The van der Waals surface area contributed by atoms with Crippen LogP contribution in [0, 0.1) is 0 Å². The van der Waals surface area contributed by atoms with Gasteiger partial charge in [-0.1, -0.05) is 11.6 Å². The lowest BCUT2D eigenvalue weighted by Crippen LogP contribution is -2.13. The van der Waals surface area contributed by atoms with Crippen LogP contribution in [0.15, 0.2) is 23.1 Å². The highest BCUT2D eigenvalue weighted by atomic mass is 35.5. The molecule has 0 heterocycles. The predicted molar refractivity (Wildman–Crippen MR) is 54.0 cm³/mol. The van der Waals surface area contributed by atoms with Gasteiger partial charge in [0.05, 0.1) is 6.61 Å². The Morgan fingerprint density at radius 2 is 2.14 bits per heavy atom. The van der Waals surface area contributed by atoms with Crippen LogP contribution in [-0.2, 0) is 10.0 Å². The summed E-state index contributed by atoms with van der Waals surface area (Å²) in [7, 11) is -3.79. The van der Waals surface area contributed by atoms with E-state index in [0.717, 1.165) is 0 Å². The molecule has 0 aromatic heterocycles. The molecule has 1 aromatic rings. The van der Waals surface area contributed by atoms with Crippen LogP contribution >= 0.6 is 11.6 Å². The van der Waals surface area contributed by atoms with Gasteiger partial charge in [0, 0.05) is 5.02 Å². The van der Waals surface area contributed by atoms with E-state index in [-0.39, 0.29) is 10.6 Å². The molecule has 0 saturated heterocycles. The highest BCUT2D eigenvalue weighted by Gasteiger charge is 2.15. The summed E-state index contributed by atoms with van der Waals surface area (Å²) in [5.41, 5.74) is 0. The lowest BCUT2D eigenvalue weighted by atomic mass is 10.3. The maximum atomic E-state index is 11.1. The number of sulfonamides is 1. The van der Waals surface area contributed by atoms with E-state index in [1.165, 1.54) is 12.1 Å². The van der Waals surface area contributed by atoms with Gasteiger partial charge in [-0.05, 0) is 25.1 Å². The van der Waals surface area contributed by atoms with Crippen molar-refractivity contribution in [1.29, 1.82) is 0 Å². The molecule has 0 bridgehead atoms. The van der Waals surface area contributed by atoms with E-state index in [2.05, 4.69) is 0 Å². The van der Waals surface area contributed by atoms with Crippen LogP contribution < -0.4 is 9.88 Å². The van der Waals surface area contributed by atoms with Crippen molar-refractivity contribution in [2.45, 2.75) is 11.8 Å². The minimum atomic E-state index is -3.79. The second kappa shape index (κ2) is 4.16. The zero-order chi connectivity index (χ0) is 10.8. The van der Waals surface area contributed by atoms with Crippen LogP contribution in [-0.4, -0.2) is 15.0 Å². The fourth-order valence-electron chi connectivity index (χ4n) is 0.979. The molecule has 0 fully saturated rings. The van der Waals surface area contributed by atoms with Gasteiger partial charge in [0.2, 0.25) is 10.0 Å². The average molecular weight is 236 g/mol. The van der Waals surface area contributed by atoms with Gasteiger partial charge < -0.3 is 4.74 Å². The third-order valence-electron chi connectivity index (χ3n) is 1.51. The van der Waals surface area contributed by atoms with Crippen molar-refractivity contribution < 1.29 is 13.2 Å². The Bertz CT molecular complexity index is 430. The van der Waals surface area contributed by atoms with Gasteiger partial charge >= 0.3 is 0 Å². The number of benzene rings is 1. The lowest BCUT2D eigenvalue weighted by Gasteiger charge is -2.08. The molecule has 0 saturated carbocycles. The standard InChI is InChI=1S/C8H10ClNO3S/c1-2-13-7-4-3-6(9)5-8(7)14(10,11)12/h3-5H,2H2,1H3,(H2,10,11,12). The second-order valence-corrected chi connectivity index (χ2v) is 4.54. The predicted octanol–water partition coefficient (Wildman–Crippen LogP) is 1.39. The van der Waals surface area contributed by atoms with E-state index < -0.39 is 10.0 Å².